The number of rotatable bonds is 6. The standard InChI is InChI=1S/C16H23N3O/c1-4-12(2)19-9-8-15(18-19)11-20-16-7-5-6-14(10-16)13(3)17/h5-10,12-13H,4,11,17H2,1-3H3. The zero-order chi connectivity index (χ0) is 14.5. The highest BCUT2D eigenvalue weighted by Crippen LogP contribution is 2.18. The molecule has 0 saturated heterocycles. The summed E-state index contributed by atoms with van der Waals surface area (Å²) in [6.07, 6.45) is 3.07. The van der Waals surface area contributed by atoms with Gasteiger partial charge in [-0.1, -0.05) is 19.1 Å². The molecule has 2 aromatic rings. The van der Waals surface area contributed by atoms with E-state index < -0.39 is 0 Å². The smallest absolute Gasteiger partial charge is 0.132 e. The molecular weight excluding hydrogens is 250 g/mol. The van der Waals surface area contributed by atoms with Crippen LogP contribution in [0.1, 0.15) is 50.5 Å². The van der Waals surface area contributed by atoms with Crippen molar-refractivity contribution < 1.29 is 4.74 Å². The number of ether oxygens (including phenoxy) is 1. The predicted octanol–water partition coefficient (Wildman–Crippen LogP) is 3.45. The molecule has 0 aliphatic heterocycles. The highest BCUT2D eigenvalue weighted by molar-refractivity contribution is 5.30. The van der Waals surface area contributed by atoms with Crippen molar-refractivity contribution in [1.82, 2.24) is 9.78 Å². The summed E-state index contributed by atoms with van der Waals surface area (Å²) in [5.41, 5.74) is 7.89. The third kappa shape index (κ3) is 3.61. The van der Waals surface area contributed by atoms with Crippen LogP contribution in [0.15, 0.2) is 36.5 Å². The fraction of sp³-hybridized carbons (Fsp3) is 0.438. The van der Waals surface area contributed by atoms with Crippen molar-refractivity contribution in [2.24, 2.45) is 5.73 Å². The Bertz CT molecular complexity index is 548. The van der Waals surface area contributed by atoms with Gasteiger partial charge < -0.3 is 10.5 Å². The summed E-state index contributed by atoms with van der Waals surface area (Å²) in [6, 6.07) is 10.3. The quantitative estimate of drug-likeness (QED) is 0.877. The maximum atomic E-state index is 5.87. The molecule has 0 spiro atoms. The third-order valence-corrected chi connectivity index (χ3v) is 3.48. The largest absolute Gasteiger partial charge is 0.487 e. The van der Waals surface area contributed by atoms with Gasteiger partial charge in [-0.25, -0.2) is 0 Å². The normalized spacial score (nSPS) is 14.0. The number of benzene rings is 1. The van der Waals surface area contributed by atoms with Gasteiger partial charge in [-0.2, -0.15) is 5.10 Å². The molecule has 0 aliphatic rings. The maximum absolute atomic E-state index is 5.87. The van der Waals surface area contributed by atoms with Crippen molar-refractivity contribution in [2.45, 2.75) is 45.9 Å². The Morgan fingerprint density at radius 3 is 2.80 bits per heavy atom. The second-order valence-electron chi connectivity index (χ2n) is 5.19. The van der Waals surface area contributed by atoms with Crippen molar-refractivity contribution in [2.75, 3.05) is 0 Å². The van der Waals surface area contributed by atoms with E-state index >= 15 is 0 Å². The van der Waals surface area contributed by atoms with Crippen LogP contribution in [0.4, 0.5) is 0 Å². The molecule has 2 rings (SSSR count). The molecule has 2 N–H and O–H groups in total. The molecule has 0 aliphatic carbocycles. The predicted molar refractivity (Wildman–Crippen MR) is 80.6 cm³/mol. The minimum Gasteiger partial charge on any atom is -0.487 e. The highest BCUT2D eigenvalue weighted by atomic mass is 16.5. The lowest BCUT2D eigenvalue weighted by molar-refractivity contribution is 0.297. The molecule has 0 fully saturated rings. The minimum atomic E-state index is 0.0168. The number of hydrogen-bond acceptors (Lipinski definition) is 3. The van der Waals surface area contributed by atoms with Crippen LogP contribution < -0.4 is 10.5 Å². The Morgan fingerprint density at radius 2 is 2.10 bits per heavy atom. The van der Waals surface area contributed by atoms with Crippen LogP contribution in [-0.4, -0.2) is 9.78 Å². The van der Waals surface area contributed by atoms with E-state index in [1.165, 1.54) is 0 Å². The zero-order valence-electron chi connectivity index (χ0n) is 12.4. The first-order valence-electron chi connectivity index (χ1n) is 7.12. The molecule has 0 amide bonds. The van der Waals surface area contributed by atoms with E-state index in [4.69, 9.17) is 10.5 Å². The number of hydrogen-bond donors (Lipinski definition) is 1. The summed E-state index contributed by atoms with van der Waals surface area (Å²) in [7, 11) is 0. The molecule has 1 aromatic heterocycles. The zero-order valence-corrected chi connectivity index (χ0v) is 12.4. The molecule has 0 bridgehead atoms. The SMILES string of the molecule is CCC(C)n1ccc(COc2cccc(C(C)N)c2)n1. The molecule has 0 saturated carbocycles. The average Bonchev–Trinajstić information content (AvgIpc) is 2.93. The number of aromatic nitrogens is 2. The summed E-state index contributed by atoms with van der Waals surface area (Å²) in [5, 5.41) is 4.52. The molecule has 2 unspecified atom stereocenters. The fourth-order valence-corrected chi connectivity index (χ4v) is 1.93. The molecule has 108 valence electrons. The fourth-order valence-electron chi connectivity index (χ4n) is 1.93. The summed E-state index contributed by atoms with van der Waals surface area (Å²) in [4.78, 5) is 0. The van der Waals surface area contributed by atoms with Gasteiger partial charge in [0.25, 0.3) is 0 Å². The molecule has 0 radical (unpaired) electrons. The van der Waals surface area contributed by atoms with E-state index in [1.807, 2.05) is 48.1 Å². The van der Waals surface area contributed by atoms with E-state index in [2.05, 4.69) is 18.9 Å². The van der Waals surface area contributed by atoms with Crippen molar-refractivity contribution in [3.8, 4) is 5.75 Å². The summed E-state index contributed by atoms with van der Waals surface area (Å²) < 4.78 is 7.76. The number of nitrogens with two attached hydrogens (primary N) is 1. The van der Waals surface area contributed by atoms with E-state index in [-0.39, 0.29) is 6.04 Å². The molecule has 4 nitrogen and oxygen atoms in total. The maximum Gasteiger partial charge on any atom is 0.132 e. The van der Waals surface area contributed by atoms with E-state index in [9.17, 15) is 0 Å². The van der Waals surface area contributed by atoms with Crippen LogP contribution >= 0.6 is 0 Å². The highest BCUT2D eigenvalue weighted by Gasteiger charge is 2.06. The number of nitrogens with zero attached hydrogens (tertiary/aromatic N) is 2. The van der Waals surface area contributed by atoms with Crippen molar-refractivity contribution >= 4 is 0 Å². The van der Waals surface area contributed by atoms with Crippen molar-refractivity contribution in [1.29, 1.82) is 0 Å². The first kappa shape index (κ1) is 14.6. The van der Waals surface area contributed by atoms with Crippen LogP contribution in [0.2, 0.25) is 0 Å². The second-order valence-corrected chi connectivity index (χ2v) is 5.19. The van der Waals surface area contributed by atoms with E-state index in [0.29, 0.717) is 12.6 Å². The van der Waals surface area contributed by atoms with Crippen LogP contribution in [0.3, 0.4) is 0 Å². The van der Waals surface area contributed by atoms with Crippen LogP contribution in [0.5, 0.6) is 5.75 Å². The lowest BCUT2D eigenvalue weighted by Gasteiger charge is -2.10. The third-order valence-electron chi connectivity index (χ3n) is 3.48. The molecule has 4 heteroatoms. The van der Waals surface area contributed by atoms with Crippen molar-refractivity contribution in [3.05, 3.63) is 47.8 Å². The lowest BCUT2D eigenvalue weighted by atomic mass is 10.1. The van der Waals surface area contributed by atoms with Gasteiger partial charge in [0.05, 0.1) is 5.69 Å². The average molecular weight is 273 g/mol. The van der Waals surface area contributed by atoms with Crippen LogP contribution in [0.25, 0.3) is 0 Å². The summed E-state index contributed by atoms with van der Waals surface area (Å²) in [5.74, 6) is 0.831. The van der Waals surface area contributed by atoms with Gasteiger partial charge in [0.1, 0.15) is 12.4 Å². The molecule has 1 aromatic carbocycles. The van der Waals surface area contributed by atoms with Gasteiger partial charge in [0.15, 0.2) is 0 Å². The van der Waals surface area contributed by atoms with Gasteiger partial charge in [-0.3, -0.25) is 4.68 Å². The van der Waals surface area contributed by atoms with Crippen LogP contribution in [-0.2, 0) is 6.61 Å². The van der Waals surface area contributed by atoms with Gasteiger partial charge in [-0.05, 0) is 44.0 Å². The lowest BCUT2D eigenvalue weighted by Crippen LogP contribution is -2.06. The minimum absolute atomic E-state index is 0.0168. The Hall–Kier alpha value is -1.81. The van der Waals surface area contributed by atoms with E-state index in [1.54, 1.807) is 0 Å². The Kier molecular flexibility index (Phi) is 4.79. The topological polar surface area (TPSA) is 53.1 Å². The second kappa shape index (κ2) is 6.57. The monoisotopic (exact) mass is 273 g/mol. The first-order chi connectivity index (χ1) is 9.60. The van der Waals surface area contributed by atoms with E-state index in [0.717, 1.165) is 23.4 Å². The Morgan fingerprint density at radius 1 is 1.30 bits per heavy atom. The Balaban J connectivity index is 1.98. The van der Waals surface area contributed by atoms with Gasteiger partial charge in [0.2, 0.25) is 0 Å². The molecule has 1 heterocycles. The van der Waals surface area contributed by atoms with Gasteiger partial charge >= 0.3 is 0 Å². The molecular formula is C16H23N3O. The van der Waals surface area contributed by atoms with Crippen LogP contribution in [0, 0.1) is 0 Å². The Labute approximate surface area is 120 Å². The summed E-state index contributed by atoms with van der Waals surface area (Å²) in [6.45, 7) is 6.75. The molecule has 20 heavy (non-hydrogen) atoms. The first-order valence-corrected chi connectivity index (χ1v) is 7.12. The van der Waals surface area contributed by atoms with Gasteiger partial charge in [-0.15, -0.1) is 0 Å². The summed E-state index contributed by atoms with van der Waals surface area (Å²) >= 11 is 0. The van der Waals surface area contributed by atoms with Crippen molar-refractivity contribution in [3.63, 3.8) is 0 Å². The molecule has 2 atom stereocenters. The van der Waals surface area contributed by atoms with Gasteiger partial charge in [0, 0.05) is 18.3 Å².